The number of allylic oxidation sites excluding steroid dienone is 1. The van der Waals surface area contributed by atoms with E-state index >= 15 is 0 Å². The van der Waals surface area contributed by atoms with Crippen molar-refractivity contribution >= 4 is 11.4 Å². The number of hydrogen-bond donors (Lipinski definition) is 1. The van der Waals surface area contributed by atoms with Gasteiger partial charge in [-0.2, -0.15) is 0 Å². The van der Waals surface area contributed by atoms with Gasteiger partial charge in [-0.15, -0.1) is 6.42 Å². The van der Waals surface area contributed by atoms with Crippen LogP contribution in [0, 0.1) is 19.3 Å². The van der Waals surface area contributed by atoms with Gasteiger partial charge in [0.15, 0.2) is 0 Å². The van der Waals surface area contributed by atoms with E-state index < -0.39 is 0 Å². The van der Waals surface area contributed by atoms with Gasteiger partial charge < -0.3 is 5.73 Å². The number of anilines is 1. The molecular weight excluding hydrogens is 418 g/mol. The van der Waals surface area contributed by atoms with Crippen molar-refractivity contribution in [1.82, 2.24) is 19.8 Å². The van der Waals surface area contributed by atoms with E-state index in [1.54, 1.807) is 0 Å². The van der Waals surface area contributed by atoms with Crippen molar-refractivity contribution in [2.45, 2.75) is 78.4 Å². The van der Waals surface area contributed by atoms with Crippen molar-refractivity contribution in [3.63, 3.8) is 0 Å². The molecule has 1 atom stereocenters. The lowest BCUT2D eigenvalue weighted by atomic mass is 9.99. The number of aromatic nitrogens is 2. The summed E-state index contributed by atoms with van der Waals surface area (Å²) in [6.45, 7) is 16.9. The van der Waals surface area contributed by atoms with E-state index in [1.807, 2.05) is 26.0 Å². The minimum atomic E-state index is 0.494. The highest BCUT2D eigenvalue weighted by Gasteiger charge is 2.27. The number of aryl methyl sites for hydroxylation is 2. The number of terminal acetylenes is 1. The first-order valence-corrected chi connectivity index (χ1v) is 12.6. The third-order valence-electron chi connectivity index (χ3n) is 7.14. The Morgan fingerprint density at radius 1 is 1.26 bits per heavy atom. The van der Waals surface area contributed by atoms with Crippen LogP contribution in [-0.4, -0.2) is 51.5 Å². The molecule has 2 aromatic rings. The van der Waals surface area contributed by atoms with Gasteiger partial charge in [0, 0.05) is 24.2 Å². The van der Waals surface area contributed by atoms with Crippen LogP contribution in [0.4, 0.5) is 5.82 Å². The molecule has 0 amide bonds. The van der Waals surface area contributed by atoms with Crippen LogP contribution < -0.4 is 5.73 Å². The molecule has 0 radical (unpaired) electrons. The quantitative estimate of drug-likeness (QED) is 0.502. The van der Waals surface area contributed by atoms with Crippen molar-refractivity contribution in [3.8, 4) is 12.3 Å². The van der Waals surface area contributed by atoms with Crippen molar-refractivity contribution < 1.29 is 0 Å². The molecule has 5 heteroatoms. The van der Waals surface area contributed by atoms with E-state index in [2.05, 4.69) is 58.2 Å². The maximum atomic E-state index is 6.13. The summed E-state index contributed by atoms with van der Waals surface area (Å²) in [5.74, 6) is 3.19. The number of likely N-dealkylation sites (tertiary alicyclic amines) is 1. The standard InChI is InChI=1S/C29H41N5/c1-7-22(5)34(17-9-10-27-23(6)31-28(21(3)4)29(30)32-27)26-15-18-33(19-16-26)20-25-13-11-24(8-2)12-14-25/h2,11-14,22,26H,3,7,9-10,15-20H2,1,4-6H3,(H2,30,32). The SMILES string of the molecule is C#Cc1ccc(CN2CCC(N(CCCc3nc(N)c(C(=C)C)nc3C)C(C)CC)CC2)cc1. The Morgan fingerprint density at radius 3 is 2.53 bits per heavy atom. The molecule has 0 spiro atoms. The largest absolute Gasteiger partial charge is 0.382 e. The molecule has 2 heterocycles. The Kier molecular flexibility index (Phi) is 9.27. The van der Waals surface area contributed by atoms with Gasteiger partial charge in [0.1, 0.15) is 11.5 Å². The molecule has 2 N–H and O–H groups in total. The topological polar surface area (TPSA) is 58.3 Å². The molecule has 0 aliphatic carbocycles. The first-order valence-electron chi connectivity index (χ1n) is 12.6. The summed E-state index contributed by atoms with van der Waals surface area (Å²) >= 11 is 0. The highest BCUT2D eigenvalue weighted by Crippen LogP contribution is 2.23. The second kappa shape index (κ2) is 12.1. The van der Waals surface area contributed by atoms with Gasteiger partial charge in [0.2, 0.25) is 0 Å². The van der Waals surface area contributed by atoms with Crippen molar-refractivity contribution in [1.29, 1.82) is 0 Å². The zero-order chi connectivity index (χ0) is 24.7. The molecule has 1 saturated heterocycles. The molecule has 3 rings (SSSR count). The fourth-order valence-corrected chi connectivity index (χ4v) is 4.92. The fourth-order valence-electron chi connectivity index (χ4n) is 4.92. The fraction of sp³-hybridized carbons (Fsp3) is 0.517. The molecular formula is C29H41N5. The molecule has 34 heavy (non-hydrogen) atoms. The van der Waals surface area contributed by atoms with Crippen LogP contribution in [-0.2, 0) is 13.0 Å². The van der Waals surface area contributed by atoms with E-state index in [4.69, 9.17) is 12.2 Å². The number of nitrogens with zero attached hydrogens (tertiary/aromatic N) is 4. The predicted molar refractivity (Wildman–Crippen MR) is 143 cm³/mol. The maximum absolute atomic E-state index is 6.13. The number of nitrogen functional groups attached to an aromatic ring is 1. The Bertz CT molecular complexity index is 996. The summed E-state index contributed by atoms with van der Waals surface area (Å²) in [7, 11) is 0. The van der Waals surface area contributed by atoms with E-state index in [9.17, 15) is 0 Å². The van der Waals surface area contributed by atoms with Crippen LogP contribution in [0.3, 0.4) is 0 Å². The van der Waals surface area contributed by atoms with Gasteiger partial charge in [-0.25, -0.2) is 9.97 Å². The van der Waals surface area contributed by atoms with E-state index in [1.165, 1.54) is 24.8 Å². The summed E-state index contributed by atoms with van der Waals surface area (Å²) < 4.78 is 0. The monoisotopic (exact) mass is 459 g/mol. The minimum Gasteiger partial charge on any atom is -0.382 e. The average molecular weight is 460 g/mol. The minimum absolute atomic E-state index is 0.494. The van der Waals surface area contributed by atoms with Crippen LogP contribution in [0.25, 0.3) is 5.57 Å². The van der Waals surface area contributed by atoms with Gasteiger partial charge in [-0.1, -0.05) is 31.6 Å². The third-order valence-corrected chi connectivity index (χ3v) is 7.14. The Morgan fingerprint density at radius 2 is 1.94 bits per heavy atom. The second-order valence-electron chi connectivity index (χ2n) is 9.72. The summed E-state index contributed by atoms with van der Waals surface area (Å²) in [6, 6.07) is 9.62. The molecule has 1 aliphatic rings. The van der Waals surface area contributed by atoms with Gasteiger partial charge in [0.05, 0.1) is 11.4 Å². The Labute approximate surface area is 206 Å². The zero-order valence-electron chi connectivity index (χ0n) is 21.5. The van der Waals surface area contributed by atoms with Crippen LogP contribution in [0.2, 0.25) is 0 Å². The lowest BCUT2D eigenvalue weighted by Gasteiger charge is -2.41. The number of benzene rings is 1. The molecule has 1 unspecified atom stereocenters. The molecule has 182 valence electrons. The highest BCUT2D eigenvalue weighted by molar-refractivity contribution is 5.66. The van der Waals surface area contributed by atoms with Gasteiger partial charge in [0.25, 0.3) is 0 Å². The second-order valence-corrected chi connectivity index (χ2v) is 9.72. The summed E-state index contributed by atoms with van der Waals surface area (Å²) in [6.07, 6.45) is 11.0. The van der Waals surface area contributed by atoms with Gasteiger partial charge >= 0.3 is 0 Å². The van der Waals surface area contributed by atoms with Crippen molar-refractivity contribution in [2.75, 3.05) is 25.4 Å². The molecule has 1 aliphatic heterocycles. The van der Waals surface area contributed by atoms with Crippen LogP contribution in [0.5, 0.6) is 0 Å². The van der Waals surface area contributed by atoms with Crippen LogP contribution >= 0.6 is 0 Å². The molecule has 1 fully saturated rings. The summed E-state index contributed by atoms with van der Waals surface area (Å²) in [5, 5.41) is 0. The van der Waals surface area contributed by atoms with Crippen LogP contribution in [0.1, 0.15) is 74.7 Å². The predicted octanol–water partition coefficient (Wildman–Crippen LogP) is 5.08. The molecule has 5 nitrogen and oxygen atoms in total. The van der Waals surface area contributed by atoms with E-state index in [-0.39, 0.29) is 0 Å². The van der Waals surface area contributed by atoms with E-state index in [0.717, 1.165) is 67.2 Å². The summed E-state index contributed by atoms with van der Waals surface area (Å²) in [5.41, 5.74) is 12.0. The molecule has 1 aromatic heterocycles. The Balaban J connectivity index is 1.54. The maximum Gasteiger partial charge on any atom is 0.149 e. The average Bonchev–Trinajstić information content (AvgIpc) is 2.84. The summed E-state index contributed by atoms with van der Waals surface area (Å²) in [4.78, 5) is 14.6. The first-order chi connectivity index (χ1) is 16.3. The van der Waals surface area contributed by atoms with E-state index in [0.29, 0.717) is 17.9 Å². The lowest BCUT2D eigenvalue weighted by Crippen LogP contribution is -2.48. The Hall–Kier alpha value is -2.68. The number of nitrogens with two attached hydrogens (primary N) is 1. The first kappa shape index (κ1) is 25.9. The smallest absolute Gasteiger partial charge is 0.149 e. The number of piperidine rings is 1. The van der Waals surface area contributed by atoms with Gasteiger partial charge in [-0.05, 0) is 95.8 Å². The van der Waals surface area contributed by atoms with Crippen molar-refractivity contribution in [3.05, 3.63) is 59.1 Å². The molecule has 1 aromatic carbocycles. The normalized spacial score (nSPS) is 15.9. The number of hydrogen-bond acceptors (Lipinski definition) is 5. The lowest BCUT2D eigenvalue weighted by molar-refractivity contribution is 0.0737. The molecule has 0 bridgehead atoms. The zero-order valence-corrected chi connectivity index (χ0v) is 21.5. The molecule has 0 saturated carbocycles. The van der Waals surface area contributed by atoms with Crippen molar-refractivity contribution in [2.24, 2.45) is 0 Å². The van der Waals surface area contributed by atoms with Gasteiger partial charge in [-0.3, -0.25) is 9.80 Å². The number of rotatable bonds is 10. The third kappa shape index (κ3) is 6.68. The highest BCUT2D eigenvalue weighted by atomic mass is 15.2. The van der Waals surface area contributed by atoms with Crippen LogP contribution in [0.15, 0.2) is 30.8 Å².